The molecule has 1 aliphatic rings. The maximum Gasteiger partial charge on any atom is 0.239 e. The highest BCUT2D eigenvalue weighted by Gasteiger charge is 2.16. The summed E-state index contributed by atoms with van der Waals surface area (Å²) in [7, 11) is 0. The second kappa shape index (κ2) is 8.76. The van der Waals surface area contributed by atoms with Gasteiger partial charge in [-0.25, -0.2) is 14.6 Å². The number of nitrogens with one attached hydrogen (secondary N) is 3. The van der Waals surface area contributed by atoms with E-state index in [1.807, 2.05) is 39.0 Å². The van der Waals surface area contributed by atoms with E-state index in [1.165, 1.54) is 6.42 Å². The molecule has 1 aliphatic heterocycles. The summed E-state index contributed by atoms with van der Waals surface area (Å²) in [4.78, 5) is 21.5. The maximum absolute atomic E-state index is 12.5. The molecule has 30 heavy (non-hydrogen) atoms. The van der Waals surface area contributed by atoms with Gasteiger partial charge in [0.2, 0.25) is 5.91 Å². The van der Waals surface area contributed by atoms with Crippen LogP contribution in [-0.2, 0) is 4.79 Å². The predicted octanol–water partition coefficient (Wildman–Crippen LogP) is 2.13. The molecule has 4 heterocycles. The minimum atomic E-state index is -0.160. The fraction of sp³-hybridized carbons (Fsp3) is 0.429. The highest BCUT2D eigenvalue weighted by atomic mass is 16.3. The van der Waals surface area contributed by atoms with Gasteiger partial charge in [0.25, 0.3) is 0 Å². The number of nitrogens with zero attached hydrogens (tertiary/aromatic N) is 4. The van der Waals surface area contributed by atoms with E-state index in [0.29, 0.717) is 29.3 Å². The molecule has 158 valence electrons. The molecule has 9 heteroatoms. The lowest BCUT2D eigenvalue weighted by Crippen LogP contribution is -2.37. The predicted molar refractivity (Wildman–Crippen MR) is 114 cm³/mol. The monoisotopic (exact) mass is 409 g/mol. The zero-order valence-corrected chi connectivity index (χ0v) is 17.5. The summed E-state index contributed by atoms with van der Waals surface area (Å²) in [6.07, 6.45) is 2.32. The van der Waals surface area contributed by atoms with Gasteiger partial charge >= 0.3 is 0 Å². The van der Waals surface area contributed by atoms with E-state index < -0.39 is 0 Å². The Balaban J connectivity index is 1.54. The van der Waals surface area contributed by atoms with Crippen molar-refractivity contribution >= 4 is 11.7 Å². The van der Waals surface area contributed by atoms with Crippen molar-refractivity contribution in [1.29, 1.82) is 0 Å². The van der Waals surface area contributed by atoms with Gasteiger partial charge in [-0.1, -0.05) is 0 Å². The molecular formula is C21H27N7O2. The summed E-state index contributed by atoms with van der Waals surface area (Å²) in [6.45, 7) is 7.77. The molecule has 0 saturated carbocycles. The minimum absolute atomic E-state index is 0.160. The molecular weight excluding hydrogens is 382 g/mol. The average Bonchev–Trinajstić information content (AvgIpc) is 3.43. The summed E-state index contributed by atoms with van der Waals surface area (Å²) >= 11 is 0. The normalized spacial score (nSPS) is 16.2. The largest absolute Gasteiger partial charge is 0.458 e. The second-order valence-corrected chi connectivity index (χ2v) is 7.66. The van der Waals surface area contributed by atoms with Crippen molar-refractivity contribution < 1.29 is 9.21 Å². The van der Waals surface area contributed by atoms with Crippen molar-refractivity contribution in [1.82, 2.24) is 30.4 Å². The van der Waals surface area contributed by atoms with Crippen LogP contribution in [-0.4, -0.2) is 51.3 Å². The molecule has 0 aliphatic carbocycles. The van der Waals surface area contributed by atoms with E-state index in [2.05, 4.69) is 31.0 Å². The van der Waals surface area contributed by atoms with Crippen LogP contribution in [0.3, 0.4) is 0 Å². The number of aromatic nitrogens is 4. The molecule has 0 spiro atoms. The van der Waals surface area contributed by atoms with Crippen LogP contribution in [0.2, 0.25) is 0 Å². The molecule has 1 amide bonds. The number of carbonyl (C=O) groups excluding carboxylic acids is 1. The van der Waals surface area contributed by atoms with Gasteiger partial charge in [-0.05, 0) is 58.4 Å². The standard InChI is InChI=1S/C21H27N7O2/c1-13-9-14(2)28(27-13)19-10-18(25-21(26-19)17-7-6-15(3)30-17)24-20(29)12-22-11-16-5-4-8-23-16/h6-7,9-10,16,22-23H,4-5,8,11-12H2,1-3H3,(H,24,25,26,29)/t16-/m1/s1. The Labute approximate surface area is 175 Å². The molecule has 1 atom stereocenters. The maximum atomic E-state index is 12.5. The first kappa shape index (κ1) is 20.2. The molecule has 0 aromatic carbocycles. The van der Waals surface area contributed by atoms with Crippen LogP contribution in [0.5, 0.6) is 0 Å². The van der Waals surface area contributed by atoms with Crippen LogP contribution in [0.15, 0.2) is 28.7 Å². The third-order valence-corrected chi connectivity index (χ3v) is 5.01. The van der Waals surface area contributed by atoms with Gasteiger partial charge in [0.1, 0.15) is 11.6 Å². The van der Waals surface area contributed by atoms with Crippen LogP contribution >= 0.6 is 0 Å². The molecule has 1 fully saturated rings. The summed E-state index contributed by atoms with van der Waals surface area (Å²) in [5.74, 6) is 2.51. The van der Waals surface area contributed by atoms with Gasteiger partial charge in [0, 0.05) is 24.3 Å². The lowest BCUT2D eigenvalue weighted by atomic mass is 10.2. The molecule has 3 aromatic heterocycles. The second-order valence-electron chi connectivity index (χ2n) is 7.66. The molecule has 3 N–H and O–H groups in total. The SMILES string of the molecule is Cc1cc(C)n(-c2cc(NC(=O)CNC[C@H]3CCCN3)nc(-c3ccc(C)o3)n2)n1. The topological polar surface area (TPSA) is 110 Å². The molecule has 0 unspecified atom stereocenters. The fourth-order valence-electron chi connectivity index (χ4n) is 3.61. The first-order valence-electron chi connectivity index (χ1n) is 10.2. The van der Waals surface area contributed by atoms with Gasteiger partial charge in [0.15, 0.2) is 17.4 Å². The number of carbonyl (C=O) groups is 1. The third kappa shape index (κ3) is 4.74. The van der Waals surface area contributed by atoms with Crippen LogP contribution < -0.4 is 16.0 Å². The number of amides is 1. The highest BCUT2D eigenvalue weighted by Crippen LogP contribution is 2.22. The molecule has 1 saturated heterocycles. The van der Waals surface area contributed by atoms with Crippen LogP contribution in [0.25, 0.3) is 17.4 Å². The zero-order valence-electron chi connectivity index (χ0n) is 17.5. The summed E-state index contributed by atoms with van der Waals surface area (Å²) in [5.41, 5.74) is 1.83. The lowest BCUT2D eigenvalue weighted by molar-refractivity contribution is -0.115. The Morgan fingerprint density at radius 1 is 1.27 bits per heavy atom. The van der Waals surface area contributed by atoms with Crippen molar-refractivity contribution in [2.75, 3.05) is 25.0 Å². The number of hydrogen-bond acceptors (Lipinski definition) is 7. The highest BCUT2D eigenvalue weighted by molar-refractivity contribution is 5.91. The van der Waals surface area contributed by atoms with E-state index in [1.54, 1.807) is 10.7 Å². The van der Waals surface area contributed by atoms with Crippen LogP contribution in [0, 0.1) is 20.8 Å². The van der Waals surface area contributed by atoms with Gasteiger partial charge in [0.05, 0.1) is 12.2 Å². The fourth-order valence-corrected chi connectivity index (χ4v) is 3.61. The van der Waals surface area contributed by atoms with Gasteiger partial charge < -0.3 is 20.4 Å². The molecule has 3 aromatic rings. The van der Waals surface area contributed by atoms with Gasteiger partial charge in [-0.3, -0.25) is 4.79 Å². The molecule has 0 bridgehead atoms. The van der Waals surface area contributed by atoms with Gasteiger partial charge in [-0.2, -0.15) is 5.10 Å². The summed E-state index contributed by atoms with van der Waals surface area (Å²) < 4.78 is 7.42. The van der Waals surface area contributed by atoms with Crippen molar-refractivity contribution in [3.05, 3.63) is 41.4 Å². The summed E-state index contributed by atoms with van der Waals surface area (Å²) in [5, 5.41) is 14.0. The van der Waals surface area contributed by atoms with Crippen LogP contribution in [0.4, 0.5) is 5.82 Å². The smallest absolute Gasteiger partial charge is 0.239 e. The quantitative estimate of drug-likeness (QED) is 0.548. The van der Waals surface area contributed by atoms with Crippen molar-refractivity contribution in [3.63, 3.8) is 0 Å². The number of aryl methyl sites for hydroxylation is 3. The Kier molecular flexibility index (Phi) is 5.91. The van der Waals surface area contributed by atoms with E-state index in [0.717, 1.165) is 36.7 Å². The zero-order chi connectivity index (χ0) is 21.1. The number of furan rings is 1. The van der Waals surface area contributed by atoms with E-state index >= 15 is 0 Å². The Bertz CT molecular complexity index is 1030. The Morgan fingerprint density at radius 3 is 2.80 bits per heavy atom. The van der Waals surface area contributed by atoms with Crippen molar-refractivity contribution in [2.24, 2.45) is 0 Å². The molecule has 9 nitrogen and oxygen atoms in total. The van der Waals surface area contributed by atoms with Gasteiger partial charge in [-0.15, -0.1) is 0 Å². The number of hydrogen-bond donors (Lipinski definition) is 3. The minimum Gasteiger partial charge on any atom is -0.458 e. The number of anilines is 1. The first-order chi connectivity index (χ1) is 14.5. The van der Waals surface area contributed by atoms with Crippen molar-refractivity contribution in [2.45, 2.75) is 39.7 Å². The third-order valence-electron chi connectivity index (χ3n) is 5.01. The number of rotatable bonds is 7. The van der Waals surface area contributed by atoms with Crippen LogP contribution in [0.1, 0.15) is 30.0 Å². The Hall–Kier alpha value is -3.04. The first-order valence-corrected chi connectivity index (χ1v) is 10.2. The summed E-state index contributed by atoms with van der Waals surface area (Å²) in [6, 6.07) is 7.79. The lowest BCUT2D eigenvalue weighted by Gasteiger charge is -2.12. The molecule has 4 rings (SSSR count). The average molecular weight is 409 g/mol. The van der Waals surface area contributed by atoms with Crippen molar-refractivity contribution in [3.8, 4) is 17.4 Å². The van der Waals surface area contributed by atoms with E-state index in [4.69, 9.17) is 4.42 Å². The Morgan fingerprint density at radius 2 is 2.13 bits per heavy atom. The van der Waals surface area contributed by atoms with E-state index in [9.17, 15) is 4.79 Å². The van der Waals surface area contributed by atoms with E-state index in [-0.39, 0.29) is 12.5 Å². The molecule has 0 radical (unpaired) electrons.